The highest BCUT2D eigenvalue weighted by Gasteiger charge is 2.15. The van der Waals surface area contributed by atoms with E-state index in [2.05, 4.69) is 5.32 Å². The average Bonchev–Trinajstić information content (AvgIpc) is 2.62. The molecule has 6 nitrogen and oxygen atoms in total. The van der Waals surface area contributed by atoms with E-state index in [-0.39, 0.29) is 10.5 Å². The quantitative estimate of drug-likeness (QED) is 0.681. The third kappa shape index (κ3) is 4.76. The number of rotatable bonds is 5. The number of amides is 1. The molecule has 3 rings (SSSR count). The molecule has 1 amide bonds. The molecule has 0 saturated heterocycles. The molecule has 0 fully saturated rings. The normalized spacial score (nSPS) is 11.1. The Hall–Kier alpha value is -3.16. The molecule has 0 saturated carbocycles. The molecule has 7 heteroatoms. The Labute approximate surface area is 164 Å². The molecule has 0 spiro atoms. The minimum atomic E-state index is -3.88. The van der Waals surface area contributed by atoms with E-state index in [1.165, 1.54) is 12.1 Å². The van der Waals surface area contributed by atoms with Crippen LogP contribution in [0.2, 0.25) is 0 Å². The van der Waals surface area contributed by atoms with Crippen molar-refractivity contribution in [3.05, 3.63) is 83.4 Å². The molecule has 0 aliphatic carbocycles. The van der Waals surface area contributed by atoms with E-state index in [1.54, 1.807) is 37.3 Å². The monoisotopic (exact) mass is 396 g/mol. The fourth-order valence-corrected chi connectivity index (χ4v) is 3.18. The van der Waals surface area contributed by atoms with Gasteiger partial charge in [-0.3, -0.25) is 4.79 Å². The molecule has 0 heterocycles. The van der Waals surface area contributed by atoms with Crippen LogP contribution < -0.4 is 15.2 Å². The first kappa shape index (κ1) is 19.6. The summed E-state index contributed by atoms with van der Waals surface area (Å²) in [6.07, 6.45) is 0. The summed E-state index contributed by atoms with van der Waals surface area (Å²) in [6, 6.07) is 18.8. The molecule has 0 unspecified atom stereocenters. The summed E-state index contributed by atoms with van der Waals surface area (Å²) in [5, 5.41) is 7.89. The third-order valence-corrected chi connectivity index (χ3v) is 5.03. The third-order valence-electron chi connectivity index (χ3n) is 4.12. The molecule has 28 heavy (non-hydrogen) atoms. The average molecular weight is 396 g/mol. The van der Waals surface area contributed by atoms with Gasteiger partial charge in [-0.25, -0.2) is 13.6 Å². The van der Waals surface area contributed by atoms with Gasteiger partial charge in [-0.05, 0) is 73.5 Å². The Bertz CT molecular complexity index is 1120. The van der Waals surface area contributed by atoms with Crippen molar-refractivity contribution in [2.45, 2.75) is 18.7 Å². The zero-order valence-corrected chi connectivity index (χ0v) is 16.3. The van der Waals surface area contributed by atoms with Crippen molar-refractivity contribution in [3.63, 3.8) is 0 Å². The second kappa shape index (κ2) is 7.84. The zero-order chi connectivity index (χ0) is 20.3. The number of sulfonamides is 1. The van der Waals surface area contributed by atoms with Gasteiger partial charge in [0.25, 0.3) is 5.91 Å². The van der Waals surface area contributed by atoms with E-state index in [0.717, 1.165) is 11.3 Å². The highest BCUT2D eigenvalue weighted by molar-refractivity contribution is 7.89. The van der Waals surface area contributed by atoms with Crippen molar-refractivity contribution in [1.29, 1.82) is 0 Å². The van der Waals surface area contributed by atoms with Crippen molar-refractivity contribution in [2.75, 3.05) is 5.32 Å². The minimum absolute atomic E-state index is 0.106. The maximum absolute atomic E-state index is 12.5. The summed E-state index contributed by atoms with van der Waals surface area (Å²) in [5.74, 6) is 0.943. The Morgan fingerprint density at radius 3 is 2.29 bits per heavy atom. The van der Waals surface area contributed by atoms with Crippen LogP contribution in [0.1, 0.15) is 21.5 Å². The van der Waals surface area contributed by atoms with Crippen LogP contribution in [-0.4, -0.2) is 14.3 Å². The molecular formula is C21H20N2O4S. The maximum atomic E-state index is 12.5. The number of anilines is 1. The number of hydrogen-bond donors (Lipinski definition) is 2. The smallest absolute Gasteiger partial charge is 0.255 e. The lowest BCUT2D eigenvalue weighted by molar-refractivity contribution is 0.102. The molecule has 3 aromatic rings. The van der Waals surface area contributed by atoms with Crippen molar-refractivity contribution in [1.82, 2.24) is 0 Å². The van der Waals surface area contributed by atoms with Gasteiger partial charge < -0.3 is 10.1 Å². The Morgan fingerprint density at radius 1 is 0.929 bits per heavy atom. The van der Waals surface area contributed by atoms with Gasteiger partial charge in [-0.1, -0.05) is 18.2 Å². The highest BCUT2D eigenvalue weighted by atomic mass is 32.2. The molecule has 3 aromatic carbocycles. The van der Waals surface area contributed by atoms with Crippen LogP contribution in [0.5, 0.6) is 11.5 Å². The van der Waals surface area contributed by atoms with E-state index < -0.39 is 15.9 Å². The number of carbonyl (C=O) groups excluding carboxylic acids is 1. The molecule has 3 N–H and O–H groups in total. The summed E-state index contributed by atoms with van der Waals surface area (Å²) >= 11 is 0. The van der Waals surface area contributed by atoms with Gasteiger partial charge in [-0.15, -0.1) is 0 Å². The molecule has 0 aromatic heterocycles. The maximum Gasteiger partial charge on any atom is 0.255 e. The predicted molar refractivity (Wildman–Crippen MR) is 108 cm³/mol. The van der Waals surface area contributed by atoms with Crippen molar-refractivity contribution in [2.24, 2.45) is 5.14 Å². The second-order valence-electron chi connectivity index (χ2n) is 6.42. The number of benzene rings is 3. The van der Waals surface area contributed by atoms with Gasteiger partial charge in [0.1, 0.15) is 11.5 Å². The first-order valence-electron chi connectivity index (χ1n) is 8.52. The van der Waals surface area contributed by atoms with Gasteiger partial charge in [0.15, 0.2) is 0 Å². The predicted octanol–water partition coefficient (Wildman–Crippen LogP) is 4.00. The lowest BCUT2D eigenvalue weighted by Gasteiger charge is -2.10. The number of aryl methyl sites for hydroxylation is 2. The standard InChI is InChI=1S/C21H20N2O4S/c1-14-4-3-5-18(12-14)27-17-9-7-16(8-10-17)23-21(24)20-13-19(28(22,25)26)11-6-15(20)2/h3-13H,1-2H3,(H,23,24)(H2,22,25,26). The number of nitrogens with one attached hydrogen (secondary N) is 1. The lowest BCUT2D eigenvalue weighted by atomic mass is 10.1. The highest BCUT2D eigenvalue weighted by Crippen LogP contribution is 2.24. The van der Waals surface area contributed by atoms with Gasteiger partial charge in [-0.2, -0.15) is 0 Å². The number of hydrogen-bond acceptors (Lipinski definition) is 4. The van der Waals surface area contributed by atoms with Crippen molar-refractivity contribution >= 4 is 21.6 Å². The Morgan fingerprint density at radius 2 is 1.64 bits per heavy atom. The van der Waals surface area contributed by atoms with Gasteiger partial charge in [0.2, 0.25) is 10.0 Å². The van der Waals surface area contributed by atoms with E-state index in [9.17, 15) is 13.2 Å². The minimum Gasteiger partial charge on any atom is -0.457 e. The number of carbonyl (C=O) groups is 1. The summed E-state index contributed by atoms with van der Waals surface area (Å²) < 4.78 is 28.8. The largest absolute Gasteiger partial charge is 0.457 e. The van der Waals surface area contributed by atoms with Crippen LogP contribution in [0.3, 0.4) is 0 Å². The number of nitrogens with two attached hydrogens (primary N) is 1. The molecule has 0 radical (unpaired) electrons. The van der Waals surface area contributed by atoms with E-state index in [0.29, 0.717) is 17.0 Å². The molecule has 144 valence electrons. The van der Waals surface area contributed by atoms with Gasteiger partial charge >= 0.3 is 0 Å². The Kier molecular flexibility index (Phi) is 5.48. The van der Waals surface area contributed by atoms with Crippen LogP contribution in [0.25, 0.3) is 0 Å². The SMILES string of the molecule is Cc1cccc(Oc2ccc(NC(=O)c3cc(S(N)(=O)=O)ccc3C)cc2)c1. The summed E-state index contributed by atoms with van der Waals surface area (Å²) in [5.41, 5.74) is 2.54. The second-order valence-corrected chi connectivity index (χ2v) is 7.98. The Balaban J connectivity index is 1.74. The van der Waals surface area contributed by atoms with Crippen LogP contribution in [0, 0.1) is 13.8 Å². The van der Waals surface area contributed by atoms with Crippen LogP contribution in [0.4, 0.5) is 5.69 Å². The van der Waals surface area contributed by atoms with Crippen molar-refractivity contribution in [3.8, 4) is 11.5 Å². The van der Waals surface area contributed by atoms with Crippen molar-refractivity contribution < 1.29 is 17.9 Å². The van der Waals surface area contributed by atoms with Crippen LogP contribution in [-0.2, 0) is 10.0 Å². The lowest BCUT2D eigenvalue weighted by Crippen LogP contribution is -2.17. The molecule has 0 aliphatic rings. The first-order chi connectivity index (χ1) is 13.2. The fourth-order valence-electron chi connectivity index (χ4n) is 2.64. The van der Waals surface area contributed by atoms with E-state index >= 15 is 0 Å². The molecule has 0 aliphatic heterocycles. The first-order valence-corrected chi connectivity index (χ1v) is 10.1. The zero-order valence-electron chi connectivity index (χ0n) is 15.5. The molecular weight excluding hydrogens is 376 g/mol. The molecule has 0 bridgehead atoms. The number of primary sulfonamides is 1. The van der Waals surface area contributed by atoms with E-state index in [4.69, 9.17) is 9.88 Å². The van der Waals surface area contributed by atoms with Gasteiger partial charge in [0, 0.05) is 11.3 Å². The van der Waals surface area contributed by atoms with Crippen LogP contribution in [0.15, 0.2) is 71.6 Å². The fraction of sp³-hybridized carbons (Fsp3) is 0.0952. The summed E-state index contributed by atoms with van der Waals surface area (Å²) in [4.78, 5) is 12.4. The number of ether oxygens (including phenoxy) is 1. The summed E-state index contributed by atoms with van der Waals surface area (Å²) in [6.45, 7) is 3.71. The van der Waals surface area contributed by atoms with Crippen LogP contribution >= 0.6 is 0 Å². The topological polar surface area (TPSA) is 98.5 Å². The van der Waals surface area contributed by atoms with Gasteiger partial charge in [0.05, 0.1) is 4.90 Å². The summed E-state index contributed by atoms with van der Waals surface area (Å²) in [7, 11) is -3.88. The molecule has 0 atom stereocenters. The van der Waals surface area contributed by atoms with E-state index in [1.807, 2.05) is 31.2 Å².